The van der Waals surface area contributed by atoms with E-state index in [2.05, 4.69) is 13.0 Å². The van der Waals surface area contributed by atoms with Crippen LogP contribution >= 0.6 is 0 Å². The molecule has 112 valence electrons. The first-order valence-electron chi connectivity index (χ1n) is 7.86. The minimum absolute atomic E-state index is 0.0520. The maximum absolute atomic E-state index is 13.0. The lowest BCUT2D eigenvalue weighted by molar-refractivity contribution is -0.144. The average molecular weight is 278 g/mol. The maximum atomic E-state index is 13.0. The Morgan fingerprint density at radius 1 is 1.40 bits per heavy atom. The van der Waals surface area contributed by atoms with Crippen molar-refractivity contribution in [3.63, 3.8) is 0 Å². The number of carbonyl (C=O) groups excluding carboxylic acids is 1. The van der Waals surface area contributed by atoms with E-state index in [9.17, 15) is 10.1 Å². The highest BCUT2D eigenvalue weighted by atomic mass is 16.5. The zero-order chi connectivity index (χ0) is 14.6. The molecule has 0 N–H and O–H groups in total. The minimum Gasteiger partial charge on any atom is -0.383 e. The molecule has 0 spiro atoms. The summed E-state index contributed by atoms with van der Waals surface area (Å²) in [6.45, 7) is 3.28. The van der Waals surface area contributed by atoms with Crippen molar-refractivity contribution in [3.8, 4) is 6.07 Å². The van der Waals surface area contributed by atoms with E-state index >= 15 is 0 Å². The molecule has 0 heterocycles. The van der Waals surface area contributed by atoms with E-state index in [0.29, 0.717) is 19.1 Å². The van der Waals surface area contributed by atoms with Crippen molar-refractivity contribution in [1.29, 1.82) is 5.26 Å². The fourth-order valence-corrected chi connectivity index (χ4v) is 3.32. The SMILES string of the molecule is COCCN(C(=O)C1(C#N)CCCCC1)C(C)C1CC1. The Balaban J connectivity index is 2.13. The standard InChI is InChI=1S/C16H26N2O2/c1-13(14-6-7-14)18(10-11-20-2)15(19)16(12-17)8-4-3-5-9-16/h13-14H,3-11H2,1-2H3. The summed E-state index contributed by atoms with van der Waals surface area (Å²) < 4.78 is 5.15. The van der Waals surface area contributed by atoms with Crippen molar-refractivity contribution >= 4 is 5.91 Å². The molecule has 4 nitrogen and oxygen atoms in total. The van der Waals surface area contributed by atoms with Crippen molar-refractivity contribution in [2.45, 2.75) is 57.9 Å². The Labute approximate surface area is 122 Å². The van der Waals surface area contributed by atoms with Crippen molar-refractivity contribution in [1.82, 2.24) is 4.90 Å². The van der Waals surface area contributed by atoms with Gasteiger partial charge in [-0.2, -0.15) is 5.26 Å². The number of rotatable bonds is 6. The molecule has 2 rings (SSSR count). The first-order chi connectivity index (χ1) is 9.64. The van der Waals surface area contributed by atoms with E-state index in [1.807, 2.05) is 4.90 Å². The van der Waals surface area contributed by atoms with Gasteiger partial charge in [0.25, 0.3) is 0 Å². The van der Waals surface area contributed by atoms with Crippen molar-refractivity contribution in [3.05, 3.63) is 0 Å². The monoisotopic (exact) mass is 278 g/mol. The van der Waals surface area contributed by atoms with Crippen LogP contribution < -0.4 is 0 Å². The van der Waals surface area contributed by atoms with Crippen LogP contribution in [-0.2, 0) is 9.53 Å². The molecule has 0 aliphatic heterocycles. The summed E-state index contributed by atoms with van der Waals surface area (Å²) in [5.74, 6) is 0.672. The third-order valence-corrected chi connectivity index (χ3v) is 4.92. The van der Waals surface area contributed by atoms with Gasteiger partial charge in [0.05, 0.1) is 12.7 Å². The molecule has 0 aromatic rings. The van der Waals surface area contributed by atoms with E-state index in [4.69, 9.17) is 4.74 Å². The molecule has 1 unspecified atom stereocenters. The van der Waals surface area contributed by atoms with Gasteiger partial charge in [-0.25, -0.2) is 0 Å². The van der Waals surface area contributed by atoms with Crippen molar-refractivity contribution in [2.75, 3.05) is 20.3 Å². The van der Waals surface area contributed by atoms with Crippen LogP contribution in [-0.4, -0.2) is 37.1 Å². The molecule has 0 bridgehead atoms. The average Bonchev–Trinajstić information content (AvgIpc) is 3.32. The van der Waals surface area contributed by atoms with Gasteiger partial charge in [0.15, 0.2) is 0 Å². The minimum atomic E-state index is -0.769. The van der Waals surface area contributed by atoms with E-state index < -0.39 is 5.41 Å². The summed E-state index contributed by atoms with van der Waals surface area (Å²) >= 11 is 0. The fourth-order valence-electron chi connectivity index (χ4n) is 3.32. The molecule has 2 fully saturated rings. The second kappa shape index (κ2) is 6.58. The second-order valence-electron chi connectivity index (χ2n) is 6.32. The number of hydrogen-bond acceptors (Lipinski definition) is 3. The van der Waals surface area contributed by atoms with Gasteiger partial charge in [-0.15, -0.1) is 0 Å². The number of ether oxygens (including phenoxy) is 1. The summed E-state index contributed by atoms with van der Waals surface area (Å²) in [7, 11) is 1.66. The normalized spacial score (nSPS) is 22.9. The van der Waals surface area contributed by atoms with Gasteiger partial charge in [0.2, 0.25) is 5.91 Å². The maximum Gasteiger partial charge on any atom is 0.243 e. The number of amides is 1. The van der Waals surface area contributed by atoms with Gasteiger partial charge in [-0.3, -0.25) is 4.79 Å². The van der Waals surface area contributed by atoms with Crippen molar-refractivity contribution in [2.24, 2.45) is 11.3 Å². The molecule has 4 heteroatoms. The second-order valence-corrected chi connectivity index (χ2v) is 6.32. The van der Waals surface area contributed by atoms with Crippen LogP contribution in [0.5, 0.6) is 0 Å². The van der Waals surface area contributed by atoms with Gasteiger partial charge in [0, 0.05) is 19.7 Å². The molecule has 1 atom stereocenters. The van der Waals surface area contributed by atoms with Gasteiger partial charge in [-0.1, -0.05) is 19.3 Å². The highest BCUT2D eigenvalue weighted by Crippen LogP contribution is 2.41. The lowest BCUT2D eigenvalue weighted by Crippen LogP contribution is -2.50. The summed E-state index contributed by atoms with van der Waals surface area (Å²) in [6, 6.07) is 2.60. The number of carbonyl (C=O) groups is 1. The van der Waals surface area contributed by atoms with Crippen LogP contribution in [0.2, 0.25) is 0 Å². The smallest absolute Gasteiger partial charge is 0.243 e. The van der Waals surface area contributed by atoms with E-state index in [0.717, 1.165) is 32.1 Å². The zero-order valence-electron chi connectivity index (χ0n) is 12.7. The Hall–Kier alpha value is -1.08. The predicted octanol–water partition coefficient (Wildman–Crippen LogP) is 2.73. The number of nitrogens with zero attached hydrogens (tertiary/aromatic N) is 2. The molecule has 20 heavy (non-hydrogen) atoms. The van der Waals surface area contributed by atoms with Crippen LogP contribution in [0.1, 0.15) is 51.9 Å². The fraction of sp³-hybridized carbons (Fsp3) is 0.875. The topological polar surface area (TPSA) is 53.3 Å². The summed E-state index contributed by atoms with van der Waals surface area (Å²) in [5.41, 5.74) is -0.769. The molecule has 0 saturated heterocycles. The number of hydrogen-bond donors (Lipinski definition) is 0. The van der Waals surface area contributed by atoms with Crippen LogP contribution in [0.25, 0.3) is 0 Å². The zero-order valence-corrected chi connectivity index (χ0v) is 12.7. The van der Waals surface area contributed by atoms with Gasteiger partial charge < -0.3 is 9.64 Å². The molecule has 2 aliphatic rings. The van der Waals surface area contributed by atoms with E-state index in [1.54, 1.807) is 7.11 Å². The third kappa shape index (κ3) is 3.15. The Bertz CT molecular complexity index is 378. The summed E-state index contributed by atoms with van der Waals surface area (Å²) in [6.07, 6.45) is 7.00. The number of nitriles is 1. The van der Waals surface area contributed by atoms with Gasteiger partial charge in [-0.05, 0) is 38.5 Å². The highest BCUT2D eigenvalue weighted by Gasteiger charge is 2.45. The summed E-state index contributed by atoms with van der Waals surface area (Å²) in [5, 5.41) is 9.59. The Morgan fingerprint density at radius 2 is 2.05 bits per heavy atom. The Kier molecular flexibility index (Phi) is 5.04. The van der Waals surface area contributed by atoms with Crippen molar-refractivity contribution < 1.29 is 9.53 Å². The molecule has 1 amide bonds. The van der Waals surface area contributed by atoms with Crippen LogP contribution in [0.3, 0.4) is 0 Å². The molecular formula is C16H26N2O2. The molecule has 0 aromatic heterocycles. The van der Waals surface area contributed by atoms with Crippen LogP contribution in [0, 0.1) is 22.7 Å². The molecule has 2 saturated carbocycles. The first kappa shape index (κ1) is 15.3. The van der Waals surface area contributed by atoms with E-state index in [-0.39, 0.29) is 11.9 Å². The highest BCUT2D eigenvalue weighted by molar-refractivity contribution is 5.86. The van der Waals surface area contributed by atoms with Gasteiger partial charge >= 0.3 is 0 Å². The molecular weight excluding hydrogens is 252 g/mol. The lowest BCUT2D eigenvalue weighted by atomic mass is 9.74. The molecule has 0 radical (unpaired) electrons. The number of methoxy groups -OCH3 is 1. The van der Waals surface area contributed by atoms with E-state index in [1.165, 1.54) is 12.8 Å². The first-order valence-corrected chi connectivity index (χ1v) is 7.86. The predicted molar refractivity (Wildman–Crippen MR) is 76.9 cm³/mol. The molecule has 0 aromatic carbocycles. The van der Waals surface area contributed by atoms with Crippen LogP contribution in [0.4, 0.5) is 0 Å². The molecule has 2 aliphatic carbocycles. The lowest BCUT2D eigenvalue weighted by Gasteiger charge is -2.38. The Morgan fingerprint density at radius 3 is 2.55 bits per heavy atom. The largest absolute Gasteiger partial charge is 0.383 e. The third-order valence-electron chi connectivity index (χ3n) is 4.92. The van der Waals surface area contributed by atoms with Crippen LogP contribution in [0.15, 0.2) is 0 Å². The quantitative estimate of drug-likeness (QED) is 0.750. The summed E-state index contributed by atoms with van der Waals surface area (Å²) in [4.78, 5) is 14.9. The van der Waals surface area contributed by atoms with Gasteiger partial charge in [0.1, 0.15) is 5.41 Å².